The normalized spacial score (nSPS) is 16.7. The Kier molecular flexibility index (Phi) is 6.38. The predicted molar refractivity (Wildman–Crippen MR) is 115 cm³/mol. The predicted octanol–water partition coefficient (Wildman–Crippen LogP) is 4.61. The van der Waals surface area contributed by atoms with Crippen LogP contribution in [0.25, 0.3) is 11.1 Å². The van der Waals surface area contributed by atoms with E-state index in [1.807, 2.05) is 40.6 Å². The summed E-state index contributed by atoms with van der Waals surface area (Å²) in [7, 11) is 0. The summed E-state index contributed by atoms with van der Waals surface area (Å²) in [5, 5.41) is 1.85. The summed E-state index contributed by atoms with van der Waals surface area (Å²) in [6.07, 6.45) is 2.58. The molecule has 6 nitrogen and oxygen atoms in total. The molecule has 1 aliphatic heterocycles. The van der Waals surface area contributed by atoms with Crippen molar-refractivity contribution >= 4 is 39.9 Å². The van der Waals surface area contributed by atoms with Gasteiger partial charge in [-0.1, -0.05) is 18.2 Å². The molecule has 1 atom stereocenters. The van der Waals surface area contributed by atoms with Crippen molar-refractivity contribution in [3.05, 3.63) is 52.5 Å². The van der Waals surface area contributed by atoms with Crippen molar-refractivity contribution in [1.29, 1.82) is 0 Å². The molecule has 1 fully saturated rings. The van der Waals surface area contributed by atoms with E-state index in [0.717, 1.165) is 23.9 Å². The Hall–Kier alpha value is -2.80. The molecule has 1 saturated heterocycles. The van der Waals surface area contributed by atoms with Gasteiger partial charge in [-0.05, 0) is 36.4 Å². The summed E-state index contributed by atoms with van der Waals surface area (Å²) < 4.78 is 5.88. The van der Waals surface area contributed by atoms with Gasteiger partial charge in [-0.25, -0.2) is 4.98 Å². The van der Waals surface area contributed by atoms with E-state index >= 15 is 0 Å². The molecule has 2 aromatic heterocycles. The Morgan fingerprint density at radius 3 is 2.70 bits per heavy atom. The van der Waals surface area contributed by atoms with Crippen LogP contribution in [0.3, 0.4) is 0 Å². The van der Waals surface area contributed by atoms with E-state index in [2.05, 4.69) is 4.98 Å². The standard InChI is InChI=1S/C23H24N2O4S/c26-17(9-11-19(27)21-8-4-14-30-21)10-12-22(28)25-13-3-5-16(15-25)23-24-18-6-1-2-7-20(18)29-23/h1-2,4,6-8,14,16H,3,5,9-13,15H2/t16-/m0/s1. The number of fused-ring (bicyclic) bond motifs is 1. The summed E-state index contributed by atoms with van der Waals surface area (Å²) in [6, 6.07) is 11.3. The van der Waals surface area contributed by atoms with Crippen molar-refractivity contribution in [1.82, 2.24) is 9.88 Å². The molecule has 1 amide bonds. The molecule has 0 aliphatic carbocycles. The lowest BCUT2D eigenvalue weighted by Gasteiger charge is -2.31. The highest BCUT2D eigenvalue weighted by Crippen LogP contribution is 2.29. The Labute approximate surface area is 178 Å². The molecule has 0 bridgehead atoms. The van der Waals surface area contributed by atoms with Crippen molar-refractivity contribution < 1.29 is 18.8 Å². The van der Waals surface area contributed by atoms with Crippen LogP contribution in [0.15, 0.2) is 46.2 Å². The number of aromatic nitrogens is 1. The van der Waals surface area contributed by atoms with E-state index in [4.69, 9.17) is 4.42 Å². The highest BCUT2D eigenvalue weighted by Gasteiger charge is 2.28. The number of Topliss-reactive ketones (excluding diaryl/α,β-unsaturated/α-hetero) is 2. The van der Waals surface area contributed by atoms with Gasteiger partial charge in [-0.2, -0.15) is 0 Å². The minimum absolute atomic E-state index is 0.0121. The van der Waals surface area contributed by atoms with Gasteiger partial charge in [0.25, 0.3) is 0 Å². The van der Waals surface area contributed by atoms with Crippen molar-refractivity contribution in [2.45, 2.75) is 44.4 Å². The largest absolute Gasteiger partial charge is 0.440 e. The Balaban J connectivity index is 1.26. The second kappa shape index (κ2) is 9.34. The summed E-state index contributed by atoms with van der Waals surface area (Å²) in [5.74, 6) is 0.683. The molecule has 0 unspecified atom stereocenters. The van der Waals surface area contributed by atoms with E-state index < -0.39 is 0 Å². The van der Waals surface area contributed by atoms with Crippen LogP contribution in [-0.2, 0) is 9.59 Å². The molecule has 0 radical (unpaired) electrons. The zero-order valence-corrected chi connectivity index (χ0v) is 17.5. The quantitative estimate of drug-likeness (QED) is 0.494. The molecule has 1 aliphatic rings. The lowest BCUT2D eigenvalue weighted by atomic mass is 9.97. The minimum Gasteiger partial charge on any atom is -0.440 e. The van der Waals surface area contributed by atoms with E-state index in [-0.39, 0.29) is 49.1 Å². The third-order valence-electron chi connectivity index (χ3n) is 5.48. The lowest BCUT2D eigenvalue weighted by Crippen LogP contribution is -2.39. The molecular formula is C23H24N2O4S. The Morgan fingerprint density at radius 2 is 1.90 bits per heavy atom. The third-order valence-corrected chi connectivity index (χ3v) is 6.39. The summed E-state index contributed by atoms with van der Waals surface area (Å²) in [5.41, 5.74) is 1.59. The number of hydrogen-bond acceptors (Lipinski definition) is 6. The second-order valence-electron chi connectivity index (χ2n) is 7.64. The van der Waals surface area contributed by atoms with Gasteiger partial charge in [-0.3, -0.25) is 14.4 Å². The monoisotopic (exact) mass is 424 g/mol. The number of carbonyl (C=O) groups excluding carboxylic acids is 3. The fourth-order valence-electron chi connectivity index (χ4n) is 3.81. The molecular weight excluding hydrogens is 400 g/mol. The van der Waals surface area contributed by atoms with Gasteiger partial charge in [0.1, 0.15) is 11.3 Å². The van der Waals surface area contributed by atoms with E-state index in [1.54, 1.807) is 6.07 Å². The van der Waals surface area contributed by atoms with Crippen molar-refractivity contribution in [3.8, 4) is 0 Å². The number of carbonyl (C=O) groups is 3. The van der Waals surface area contributed by atoms with Gasteiger partial charge in [-0.15, -0.1) is 11.3 Å². The van der Waals surface area contributed by atoms with Crippen LogP contribution in [0.4, 0.5) is 0 Å². The van der Waals surface area contributed by atoms with Gasteiger partial charge in [0.2, 0.25) is 5.91 Å². The lowest BCUT2D eigenvalue weighted by molar-refractivity contribution is -0.134. The number of para-hydroxylation sites is 2. The van der Waals surface area contributed by atoms with Crippen molar-refractivity contribution in [2.24, 2.45) is 0 Å². The van der Waals surface area contributed by atoms with E-state index in [1.165, 1.54) is 11.3 Å². The summed E-state index contributed by atoms with van der Waals surface area (Å²) in [4.78, 5) is 43.8. The van der Waals surface area contributed by atoms with Crippen LogP contribution in [-0.4, -0.2) is 40.4 Å². The van der Waals surface area contributed by atoms with Crippen molar-refractivity contribution in [3.63, 3.8) is 0 Å². The number of ketones is 2. The number of oxazole rings is 1. The van der Waals surface area contributed by atoms with Crippen LogP contribution >= 0.6 is 11.3 Å². The molecule has 4 rings (SSSR count). The number of piperidine rings is 1. The van der Waals surface area contributed by atoms with E-state index in [9.17, 15) is 14.4 Å². The maximum absolute atomic E-state index is 12.6. The molecule has 0 saturated carbocycles. The van der Waals surface area contributed by atoms with Crippen LogP contribution < -0.4 is 0 Å². The fourth-order valence-corrected chi connectivity index (χ4v) is 4.51. The molecule has 30 heavy (non-hydrogen) atoms. The molecule has 156 valence electrons. The average molecular weight is 425 g/mol. The van der Waals surface area contributed by atoms with Gasteiger partial charge in [0, 0.05) is 38.8 Å². The molecule has 1 aromatic carbocycles. The van der Waals surface area contributed by atoms with Gasteiger partial charge in [0.15, 0.2) is 17.3 Å². The maximum Gasteiger partial charge on any atom is 0.223 e. The molecule has 0 spiro atoms. The molecule has 3 aromatic rings. The SMILES string of the molecule is O=C(CCC(=O)c1cccs1)CCC(=O)N1CCC[C@H](c2nc3ccccc3o2)C1. The molecule has 0 N–H and O–H groups in total. The fraction of sp³-hybridized carbons (Fsp3) is 0.391. The van der Waals surface area contributed by atoms with Crippen molar-refractivity contribution in [2.75, 3.05) is 13.1 Å². The van der Waals surface area contributed by atoms with Crippen LogP contribution in [0.5, 0.6) is 0 Å². The smallest absolute Gasteiger partial charge is 0.223 e. The third kappa shape index (κ3) is 4.84. The number of rotatable bonds is 8. The van der Waals surface area contributed by atoms with E-state index in [0.29, 0.717) is 23.9 Å². The number of thiophene rings is 1. The minimum atomic E-state index is -0.0410. The number of hydrogen-bond donors (Lipinski definition) is 0. The second-order valence-corrected chi connectivity index (χ2v) is 8.59. The van der Waals surface area contributed by atoms with Crippen LogP contribution in [0.2, 0.25) is 0 Å². The maximum atomic E-state index is 12.6. The van der Waals surface area contributed by atoms with Gasteiger partial charge >= 0.3 is 0 Å². The first-order valence-electron chi connectivity index (χ1n) is 10.3. The average Bonchev–Trinajstić information content (AvgIpc) is 3.46. The summed E-state index contributed by atoms with van der Waals surface area (Å²) >= 11 is 1.38. The van der Waals surface area contributed by atoms with Gasteiger partial charge in [0.05, 0.1) is 10.8 Å². The van der Waals surface area contributed by atoms with Crippen LogP contribution in [0, 0.1) is 0 Å². The zero-order valence-electron chi connectivity index (χ0n) is 16.7. The highest BCUT2D eigenvalue weighted by atomic mass is 32.1. The molecule has 7 heteroatoms. The number of amides is 1. The Bertz CT molecular complexity index is 1010. The number of likely N-dealkylation sites (tertiary alicyclic amines) is 1. The summed E-state index contributed by atoms with van der Waals surface area (Å²) in [6.45, 7) is 1.26. The first kappa shape index (κ1) is 20.5. The first-order valence-corrected chi connectivity index (χ1v) is 11.2. The first-order chi connectivity index (χ1) is 14.6. The Morgan fingerprint density at radius 1 is 1.07 bits per heavy atom. The zero-order chi connectivity index (χ0) is 20.9. The topological polar surface area (TPSA) is 80.5 Å². The van der Waals surface area contributed by atoms with Crippen LogP contribution in [0.1, 0.15) is 60.0 Å². The highest BCUT2D eigenvalue weighted by molar-refractivity contribution is 7.12. The molecule has 3 heterocycles. The number of benzene rings is 1. The number of nitrogens with zero attached hydrogens (tertiary/aromatic N) is 2. The van der Waals surface area contributed by atoms with Gasteiger partial charge < -0.3 is 9.32 Å².